The number of rotatable bonds is 0. The first-order valence-corrected chi connectivity index (χ1v) is 5.05. The van der Waals surface area contributed by atoms with Crippen LogP contribution in [-0.4, -0.2) is 39.3 Å². The van der Waals surface area contributed by atoms with Crippen LogP contribution in [-0.2, 0) is 21.7 Å². The van der Waals surface area contributed by atoms with Crippen LogP contribution in [0.5, 0.6) is 0 Å². The zero-order valence-electron chi connectivity index (χ0n) is 10.1. The molecule has 6 heteroatoms. The van der Waals surface area contributed by atoms with Crippen LogP contribution in [0.2, 0.25) is 0 Å². The van der Waals surface area contributed by atoms with Crippen LogP contribution < -0.4 is 10.6 Å². The molecule has 1 saturated heterocycles. The van der Waals surface area contributed by atoms with Crippen molar-refractivity contribution in [1.29, 1.82) is 0 Å². The van der Waals surface area contributed by atoms with E-state index in [0.717, 1.165) is 39.3 Å². The van der Waals surface area contributed by atoms with E-state index in [0.29, 0.717) is 0 Å². The minimum Gasteiger partial charge on any atom is -0.662 e. The number of nitrogens with zero attached hydrogens (tertiary/aromatic N) is 1. The minimum atomic E-state index is 0. The molecule has 0 aromatic rings. The first kappa shape index (κ1) is 25.9. The molecule has 1 aliphatic heterocycles. The summed E-state index contributed by atoms with van der Waals surface area (Å²) >= 11 is 0. The van der Waals surface area contributed by atoms with Gasteiger partial charge in [-0.25, -0.2) is 0 Å². The van der Waals surface area contributed by atoms with E-state index in [-0.39, 0.29) is 54.0 Å². The van der Waals surface area contributed by atoms with Gasteiger partial charge in [0.1, 0.15) is 0 Å². The van der Waals surface area contributed by atoms with E-state index in [2.05, 4.69) is 16.0 Å². The third kappa shape index (κ3) is 17.6. The molecule has 0 bridgehead atoms. The Morgan fingerprint density at radius 3 is 1.50 bits per heavy atom. The van der Waals surface area contributed by atoms with Gasteiger partial charge < -0.3 is 23.4 Å². The first-order valence-electron chi connectivity index (χ1n) is 5.05. The second kappa shape index (κ2) is 21.5. The molecule has 0 aromatic heterocycles. The number of nitrogens with one attached hydrogen (secondary N) is 2. The summed E-state index contributed by atoms with van der Waals surface area (Å²) in [6, 6.07) is 0. The Hall–Kier alpha value is 1.17. The molecule has 0 saturated carbocycles. The van der Waals surface area contributed by atoms with Crippen LogP contribution in [0.4, 0.5) is 0 Å². The van der Waals surface area contributed by atoms with E-state index >= 15 is 0 Å². The van der Waals surface area contributed by atoms with Gasteiger partial charge in [0.15, 0.2) is 0 Å². The molecule has 1 rings (SSSR count). The van der Waals surface area contributed by atoms with Gasteiger partial charge in [0.05, 0.1) is 0 Å². The quantitative estimate of drug-likeness (QED) is 0.531. The van der Waals surface area contributed by atoms with Crippen molar-refractivity contribution in [1.82, 2.24) is 10.6 Å². The van der Waals surface area contributed by atoms with Crippen molar-refractivity contribution in [3.8, 4) is 0 Å². The van der Waals surface area contributed by atoms with Crippen LogP contribution >= 0.6 is 24.8 Å². The monoisotopic (exact) mass is 305 g/mol. The Balaban J connectivity index is -0.000000180. The van der Waals surface area contributed by atoms with Crippen molar-refractivity contribution >= 4 is 24.8 Å². The summed E-state index contributed by atoms with van der Waals surface area (Å²) in [4.78, 5) is 0. The summed E-state index contributed by atoms with van der Waals surface area (Å²) < 4.78 is 0. The van der Waals surface area contributed by atoms with E-state index in [1.54, 1.807) is 0 Å². The second-order valence-electron chi connectivity index (χ2n) is 3.23. The summed E-state index contributed by atoms with van der Waals surface area (Å²) in [5, 5.41) is 11.2. The van der Waals surface area contributed by atoms with Crippen LogP contribution in [0.3, 0.4) is 0 Å². The Kier molecular flexibility index (Phi) is 34.7. The van der Waals surface area contributed by atoms with Gasteiger partial charge in [-0.1, -0.05) is 12.8 Å². The molecule has 1 aliphatic rings. The normalized spacial score (nSPS) is 18.0. The van der Waals surface area contributed by atoms with E-state index in [9.17, 15) is 0 Å². The first-order chi connectivity index (χ1) is 6.00. The zero-order chi connectivity index (χ0) is 8.49. The van der Waals surface area contributed by atoms with Gasteiger partial charge in [0.25, 0.3) is 0 Å². The Morgan fingerprint density at radius 2 is 1.06 bits per heavy atom. The summed E-state index contributed by atoms with van der Waals surface area (Å²) in [6.45, 7) is 6.62. The maximum absolute atomic E-state index is 4.42. The van der Waals surface area contributed by atoms with E-state index in [1.807, 2.05) is 0 Å². The molecule has 98 valence electrons. The maximum Gasteiger partial charge on any atom is 2.00 e. The number of hydrogen-bond acceptors (Lipinski definition) is 2. The molecule has 1 fully saturated rings. The van der Waals surface area contributed by atoms with E-state index in [4.69, 9.17) is 0 Å². The van der Waals surface area contributed by atoms with Crippen LogP contribution in [0.1, 0.15) is 19.3 Å². The van der Waals surface area contributed by atoms with Crippen molar-refractivity contribution in [3.63, 3.8) is 0 Å². The Bertz CT molecular complexity index is 67.0. The van der Waals surface area contributed by atoms with Crippen molar-refractivity contribution in [3.05, 3.63) is 12.7 Å². The molecule has 2 N–H and O–H groups in total. The molecule has 3 nitrogen and oxygen atoms in total. The second-order valence-corrected chi connectivity index (χ2v) is 3.23. The molecular weight excluding hydrogens is 281 g/mol. The fraction of sp³-hybridized carbons (Fsp3) is 0.900. The zero-order valence-corrected chi connectivity index (χ0v) is 13.3. The van der Waals surface area contributed by atoms with Crippen molar-refractivity contribution < 1.29 is 21.7 Å². The number of hydrogen-bond donors (Lipinski definition) is 2. The van der Waals surface area contributed by atoms with Crippen molar-refractivity contribution in [2.24, 2.45) is 0 Å². The largest absolute Gasteiger partial charge is 2.00 e. The van der Waals surface area contributed by atoms with E-state index in [1.165, 1.54) is 19.3 Å². The molecule has 0 aromatic carbocycles. The topological polar surface area (TPSA) is 38.2 Å². The molecule has 0 aliphatic carbocycles. The average molecular weight is 306 g/mol. The van der Waals surface area contributed by atoms with Crippen molar-refractivity contribution in [2.75, 3.05) is 39.3 Å². The molecule has 0 radical (unpaired) electrons. The van der Waals surface area contributed by atoms with E-state index < -0.39 is 0 Å². The van der Waals surface area contributed by atoms with Crippen LogP contribution in [0, 0.1) is 7.43 Å². The molecule has 0 spiro atoms. The van der Waals surface area contributed by atoms with Crippen LogP contribution in [0.25, 0.3) is 5.32 Å². The Labute approximate surface area is 128 Å². The van der Waals surface area contributed by atoms with Gasteiger partial charge in [-0.2, -0.15) is 0 Å². The summed E-state index contributed by atoms with van der Waals surface area (Å²) in [6.07, 6.45) is 3.65. The number of halogens is 2. The summed E-state index contributed by atoms with van der Waals surface area (Å²) in [5.74, 6) is 0. The predicted octanol–water partition coefficient (Wildman–Crippen LogP) is 2.01. The summed E-state index contributed by atoms with van der Waals surface area (Å²) in [7, 11) is 0. The maximum atomic E-state index is 4.42. The predicted molar refractivity (Wildman–Crippen MR) is 73.6 cm³/mol. The Morgan fingerprint density at radius 1 is 0.688 bits per heavy atom. The van der Waals surface area contributed by atoms with Crippen molar-refractivity contribution in [2.45, 2.75) is 19.3 Å². The summed E-state index contributed by atoms with van der Waals surface area (Å²) in [5.41, 5.74) is 0. The van der Waals surface area contributed by atoms with Crippen LogP contribution in [0.15, 0.2) is 0 Å². The molecule has 0 amide bonds. The fourth-order valence-corrected chi connectivity index (χ4v) is 1.33. The van der Waals surface area contributed by atoms with Gasteiger partial charge in [0.2, 0.25) is 0 Å². The third-order valence-corrected chi connectivity index (χ3v) is 2.05. The molecule has 1 heterocycles. The molecule has 0 unspecified atom stereocenters. The smallest absolute Gasteiger partial charge is 0.662 e. The minimum absolute atomic E-state index is 0. The average Bonchev–Trinajstić information content (AvgIpc) is 2.05. The van der Waals surface area contributed by atoms with Gasteiger partial charge in [-0.05, 0) is 32.6 Å². The van der Waals surface area contributed by atoms with Gasteiger partial charge in [0, 0.05) is 0 Å². The van der Waals surface area contributed by atoms with Gasteiger partial charge >= 0.3 is 21.7 Å². The molecule has 0 atom stereocenters. The molecule has 16 heavy (non-hydrogen) atoms. The molecular formula is C10H25Cl2N3Ti. The fourth-order valence-electron chi connectivity index (χ4n) is 1.33. The van der Waals surface area contributed by atoms with Gasteiger partial charge in [-0.15, -0.1) is 37.9 Å². The van der Waals surface area contributed by atoms with Gasteiger partial charge in [-0.3, -0.25) is 0 Å². The third-order valence-electron chi connectivity index (χ3n) is 2.05. The standard InChI is InChI=1S/C9H20N3.CH3.2ClH.Ti/c1-4-10-6-2-8-12-9-3-7-11-5-1;;;;/h10-11H,1-9H2;1H3;2*1H;/q2*-1;;;+2. The SMILES string of the molecule is C1C[N-]CCCNCCCNC1.Cl.Cl.[CH3-].[Ti+2].